The molecule has 9 heteroatoms. The first-order valence-corrected chi connectivity index (χ1v) is 6.91. The highest BCUT2D eigenvalue weighted by Gasteiger charge is 2.19. The fraction of sp³-hybridized carbons (Fsp3) is 0.333. The number of tetrazole rings is 1. The molecule has 1 heterocycles. The first-order valence-electron chi connectivity index (χ1n) is 6.03. The number of hydrogen-bond acceptors (Lipinski definition) is 7. The van der Waals surface area contributed by atoms with Crippen molar-refractivity contribution in [2.24, 2.45) is 5.73 Å². The molecule has 0 aliphatic heterocycles. The van der Waals surface area contributed by atoms with Crippen molar-refractivity contribution < 1.29 is 14.3 Å². The van der Waals surface area contributed by atoms with E-state index in [1.807, 2.05) is 0 Å². The van der Waals surface area contributed by atoms with Crippen LogP contribution in [0.3, 0.4) is 0 Å². The Labute approximate surface area is 125 Å². The third-order valence-electron chi connectivity index (χ3n) is 2.74. The third-order valence-corrected chi connectivity index (χ3v) is 3.79. The monoisotopic (exact) mass is 309 g/mol. The van der Waals surface area contributed by atoms with E-state index in [2.05, 4.69) is 15.5 Å². The van der Waals surface area contributed by atoms with Gasteiger partial charge in [0.1, 0.15) is 17.2 Å². The van der Waals surface area contributed by atoms with E-state index in [9.17, 15) is 4.79 Å². The smallest absolute Gasteiger partial charge is 0.230 e. The molecule has 1 atom stereocenters. The van der Waals surface area contributed by atoms with Crippen molar-refractivity contribution in [3.8, 4) is 17.2 Å². The maximum atomic E-state index is 11.2. The van der Waals surface area contributed by atoms with Crippen LogP contribution in [0.5, 0.6) is 11.5 Å². The van der Waals surface area contributed by atoms with Gasteiger partial charge in [0, 0.05) is 6.07 Å². The molecule has 0 saturated heterocycles. The second-order valence-electron chi connectivity index (χ2n) is 4.07. The van der Waals surface area contributed by atoms with Crippen molar-refractivity contribution in [1.29, 1.82) is 0 Å². The number of ether oxygens (including phenoxy) is 2. The molecule has 8 nitrogen and oxygen atoms in total. The van der Waals surface area contributed by atoms with Gasteiger partial charge in [-0.15, -0.1) is 5.10 Å². The van der Waals surface area contributed by atoms with Crippen LogP contribution in [0.2, 0.25) is 0 Å². The van der Waals surface area contributed by atoms with E-state index in [1.165, 1.54) is 16.4 Å². The Bertz CT molecular complexity index is 646. The molecule has 0 bridgehead atoms. The number of nitrogens with zero attached hydrogens (tertiary/aromatic N) is 4. The summed E-state index contributed by atoms with van der Waals surface area (Å²) in [5, 5.41) is 11.5. The zero-order valence-electron chi connectivity index (χ0n) is 11.8. The predicted octanol–water partition coefficient (Wildman–Crippen LogP) is 0.645. The van der Waals surface area contributed by atoms with Gasteiger partial charge in [-0.05, 0) is 29.5 Å². The maximum Gasteiger partial charge on any atom is 0.230 e. The van der Waals surface area contributed by atoms with Gasteiger partial charge in [-0.25, -0.2) is 0 Å². The zero-order chi connectivity index (χ0) is 15.4. The molecule has 112 valence electrons. The van der Waals surface area contributed by atoms with Crippen molar-refractivity contribution in [3.63, 3.8) is 0 Å². The molecular formula is C12H15N5O3S. The fourth-order valence-corrected chi connectivity index (χ4v) is 2.33. The summed E-state index contributed by atoms with van der Waals surface area (Å²) >= 11 is 1.17. The van der Waals surface area contributed by atoms with Gasteiger partial charge in [-0.1, -0.05) is 11.8 Å². The summed E-state index contributed by atoms with van der Waals surface area (Å²) in [6, 6.07) is 5.27. The SMILES string of the molecule is COc1ccc(OC)c(-n2nnnc2SC(C)C(N)=O)c1. The van der Waals surface area contributed by atoms with Crippen LogP contribution in [-0.2, 0) is 4.79 Å². The highest BCUT2D eigenvalue weighted by molar-refractivity contribution is 8.00. The minimum Gasteiger partial charge on any atom is -0.497 e. The molecule has 2 N–H and O–H groups in total. The van der Waals surface area contributed by atoms with Crippen LogP contribution in [0.1, 0.15) is 6.92 Å². The van der Waals surface area contributed by atoms with E-state index in [4.69, 9.17) is 15.2 Å². The summed E-state index contributed by atoms with van der Waals surface area (Å²) in [6.07, 6.45) is 0. The summed E-state index contributed by atoms with van der Waals surface area (Å²) in [5.41, 5.74) is 5.87. The molecule has 0 saturated carbocycles. The standard InChI is InChI=1S/C12H15N5O3S/c1-7(11(13)18)21-12-14-15-16-17(12)9-6-8(19-2)4-5-10(9)20-3/h4-7H,1-3H3,(H2,13,18). The molecule has 0 aliphatic rings. The lowest BCUT2D eigenvalue weighted by Gasteiger charge is -2.12. The Morgan fingerprint density at radius 3 is 2.76 bits per heavy atom. The lowest BCUT2D eigenvalue weighted by Crippen LogP contribution is -2.23. The first kappa shape index (κ1) is 15.1. The van der Waals surface area contributed by atoms with Crippen LogP contribution in [0.15, 0.2) is 23.4 Å². The summed E-state index contributed by atoms with van der Waals surface area (Å²) in [7, 11) is 3.12. The molecule has 1 aromatic carbocycles. The van der Waals surface area contributed by atoms with Gasteiger partial charge in [0.2, 0.25) is 11.1 Å². The Morgan fingerprint density at radius 1 is 1.38 bits per heavy atom. The topological polar surface area (TPSA) is 105 Å². The summed E-state index contributed by atoms with van der Waals surface area (Å²) in [5.74, 6) is 0.782. The molecule has 1 aromatic heterocycles. The molecule has 0 aliphatic carbocycles. The van der Waals surface area contributed by atoms with E-state index in [1.54, 1.807) is 39.3 Å². The second-order valence-corrected chi connectivity index (χ2v) is 5.38. The molecule has 0 radical (unpaired) electrons. The molecule has 1 amide bonds. The summed E-state index contributed by atoms with van der Waals surface area (Å²) in [4.78, 5) is 11.2. The molecule has 1 unspecified atom stereocenters. The van der Waals surface area contributed by atoms with E-state index >= 15 is 0 Å². The number of carbonyl (C=O) groups excluding carboxylic acids is 1. The Kier molecular flexibility index (Phi) is 4.63. The van der Waals surface area contributed by atoms with Gasteiger partial charge in [-0.3, -0.25) is 4.79 Å². The van der Waals surface area contributed by atoms with Crippen LogP contribution >= 0.6 is 11.8 Å². The number of hydrogen-bond donors (Lipinski definition) is 1. The Hall–Kier alpha value is -2.29. The largest absolute Gasteiger partial charge is 0.497 e. The van der Waals surface area contributed by atoms with Gasteiger partial charge in [0.15, 0.2) is 0 Å². The van der Waals surface area contributed by atoms with Crippen LogP contribution in [0.4, 0.5) is 0 Å². The summed E-state index contributed by atoms with van der Waals surface area (Å²) in [6.45, 7) is 1.69. The highest BCUT2D eigenvalue weighted by atomic mass is 32.2. The van der Waals surface area contributed by atoms with Crippen molar-refractivity contribution in [3.05, 3.63) is 18.2 Å². The average molecular weight is 309 g/mol. The van der Waals surface area contributed by atoms with Crippen LogP contribution < -0.4 is 15.2 Å². The number of amides is 1. The molecule has 2 aromatic rings. The predicted molar refractivity (Wildman–Crippen MR) is 76.8 cm³/mol. The van der Waals surface area contributed by atoms with Crippen molar-refractivity contribution in [1.82, 2.24) is 20.2 Å². The molecule has 0 spiro atoms. The van der Waals surface area contributed by atoms with E-state index in [0.29, 0.717) is 22.3 Å². The van der Waals surface area contributed by atoms with Gasteiger partial charge >= 0.3 is 0 Å². The van der Waals surface area contributed by atoms with Gasteiger partial charge in [-0.2, -0.15) is 4.68 Å². The van der Waals surface area contributed by atoms with E-state index < -0.39 is 11.2 Å². The van der Waals surface area contributed by atoms with Gasteiger partial charge in [0.25, 0.3) is 0 Å². The minimum atomic E-state index is -0.452. The van der Waals surface area contributed by atoms with Crippen LogP contribution in [0, 0.1) is 0 Å². The average Bonchev–Trinajstić information content (AvgIpc) is 2.94. The normalized spacial score (nSPS) is 12.0. The van der Waals surface area contributed by atoms with Crippen LogP contribution in [0.25, 0.3) is 5.69 Å². The van der Waals surface area contributed by atoms with E-state index in [0.717, 1.165) is 0 Å². The van der Waals surface area contributed by atoms with Crippen LogP contribution in [-0.4, -0.2) is 45.6 Å². The number of nitrogens with two attached hydrogens (primary N) is 1. The maximum absolute atomic E-state index is 11.2. The second kappa shape index (κ2) is 6.44. The molecular weight excluding hydrogens is 294 g/mol. The molecule has 2 rings (SSSR count). The van der Waals surface area contributed by atoms with Crippen molar-refractivity contribution in [2.45, 2.75) is 17.3 Å². The number of benzene rings is 1. The Morgan fingerprint density at radius 2 is 2.14 bits per heavy atom. The fourth-order valence-electron chi connectivity index (χ4n) is 1.58. The number of rotatable bonds is 6. The summed E-state index contributed by atoms with van der Waals surface area (Å²) < 4.78 is 12.0. The number of aromatic nitrogens is 4. The molecule has 0 fully saturated rings. The van der Waals surface area contributed by atoms with Gasteiger partial charge in [0.05, 0.1) is 19.5 Å². The third kappa shape index (κ3) is 3.24. The van der Waals surface area contributed by atoms with E-state index in [-0.39, 0.29) is 0 Å². The quantitative estimate of drug-likeness (QED) is 0.781. The first-order chi connectivity index (χ1) is 10.1. The highest BCUT2D eigenvalue weighted by Crippen LogP contribution is 2.30. The number of thioether (sulfide) groups is 1. The number of primary amides is 1. The zero-order valence-corrected chi connectivity index (χ0v) is 12.6. The van der Waals surface area contributed by atoms with Crippen molar-refractivity contribution in [2.75, 3.05) is 14.2 Å². The Balaban J connectivity index is 2.43. The lowest BCUT2D eigenvalue weighted by molar-refractivity contribution is -0.117. The molecule has 21 heavy (non-hydrogen) atoms. The van der Waals surface area contributed by atoms with Gasteiger partial charge < -0.3 is 15.2 Å². The number of carbonyl (C=O) groups is 1. The lowest BCUT2D eigenvalue weighted by atomic mass is 10.3. The van der Waals surface area contributed by atoms with Crippen molar-refractivity contribution >= 4 is 17.7 Å². The minimum absolute atomic E-state index is 0.438. The number of methoxy groups -OCH3 is 2.